The fourth-order valence-electron chi connectivity index (χ4n) is 6.42. The van der Waals surface area contributed by atoms with Gasteiger partial charge in [0.1, 0.15) is 0 Å². The molecule has 0 N–H and O–H groups in total. The Balaban J connectivity index is 2.51. The maximum atomic E-state index is 14.3. The van der Waals surface area contributed by atoms with Crippen LogP contribution >= 0.6 is 0 Å². The summed E-state index contributed by atoms with van der Waals surface area (Å²) in [7, 11) is 0. The fourth-order valence-corrected chi connectivity index (χ4v) is 6.42. The van der Waals surface area contributed by atoms with Gasteiger partial charge in [0.2, 0.25) is 0 Å². The van der Waals surface area contributed by atoms with Crippen molar-refractivity contribution in [2.75, 3.05) is 6.61 Å². The second-order valence-electron chi connectivity index (χ2n) is 12.1. The third-order valence-corrected chi connectivity index (χ3v) is 9.12. The number of esters is 1. The summed E-state index contributed by atoms with van der Waals surface area (Å²) in [4.78, 5) is 12.1. The SMILES string of the molecule is CCC(C)C(=O)OC(C1CCC(C(OCC2CC(C(F)(F)F)CC(C(F)(F)F)C2)(C(F)(F)F)C(F)(F)F)CC1)(C(F)(F)F)C(F)(F)F. The quantitative estimate of drug-likeness (QED) is 0.184. The number of hydrogen-bond acceptors (Lipinski definition) is 3. The molecule has 0 saturated heterocycles. The summed E-state index contributed by atoms with van der Waals surface area (Å²) in [5.41, 5.74) is -10.7. The molecule has 2 saturated carbocycles. The molecule has 2 rings (SSSR count). The minimum Gasteiger partial charge on any atom is -0.439 e. The molecule has 0 bridgehead atoms. The van der Waals surface area contributed by atoms with Crippen LogP contribution in [0.5, 0.6) is 0 Å². The van der Waals surface area contributed by atoms with Crippen molar-refractivity contribution in [3.05, 3.63) is 0 Å². The van der Waals surface area contributed by atoms with E-state index < -0.39 is 141 Å². The first-order valence-corrected chi connectivity index (χ1v) is 14.1. The van der Waals surface area contributed by atoms with Gasteiger partial charge in [-0.25, -0.2) is 0 Å². The molecule has 47 heavy (non-hydrogen) atoms. The number of ether oxygens (including phenoxy) is 2. The minimum atomic E-state index is -6.54. The van der Waals surface area contributed by atoms with Crippen LogP contribution in [0, 0.1) is 35.5 Å². The second kappa shape index (κ2) is 13.5. The van der Waals surface area contributed by atoms with E-state index in [0.29, 0.717) is 0 Å². The average molecular weight is 732 g/mol. The summed E-state index contributed by atoms with van der Waals surface area (Å²) in [5, 5.41) is 0. The van der Waals surface area contributed by atoms with Gasteiger partial charge in [-0.15, -0.1) is 0 Å². The molecule has 0 heterocycles. The van der Waals surface area contributed by atoms with Crippen molar-refractivity contribution in [3.63, 3.8) is 0 Å². The van der Waals surface area contributed by atoms with Crippen molar-refractivity contribution in [3.8, 4) is 0 Å². The van der Waals surface area contributed by atoms with Gasteiger partial charge < -0.3 is 9.47 Å². The van der Waals surface area contributed by atoms with E-state index in [1.807, 2.05) is 0 Å². The zero-order chi connectivity index (χ0) is 36.8. The lowest BCUT2D eigenvalue weighted by Crippen LogP contribution is -2.67. The van der Waals surface area contributed by atoms with Crippen molar-refractivity contribution in [1.29, 1.82) is 0 Å². The first-order chi connectivity index (χ1) is 20.9. The lowest BCUT2D eigenvalue weighted by molar-refractivity contribution is -0.409. The minimum absolute atomic E-state index is 0.303. The van der Waals surface area contributed by atoms with Crippen molar-refractivity contribution in [2.24, 2.45) is 35.5 Å². The number of carbonyl (C=O) groups excluding carboxylic acids is 1. The molecule has 21 heteroatoms. The summed E-state index contributed by atoms with van der Waals surface area (Å²) in [6.45, 7) is 0.169. The van der Waals surface area contributed by atoms with Gasteiger partial charge in [-0.2, -0.15) is 79.0 Å². The third kappa shape index (κ3) is 8.32. The van der Waals surface area contributed by atoms with Crippen molar-refractivity contribution < 1.29 is 93.3 Å². The average Bonchev–Trinajstić information content (AvgIpc) is 2.87. The van der Waals surface area contributed by atoms with E-state index in [9.17, 15) is 83.8 Å². The zero-order valence-corrected chi connectivity index (χ0v) is 24.4. The molecule has 0 aromatic rings. The molecule has 3 nitrogen and oxygen atoms in total. The molecule has 2 aliphatic carbocycles. The maximum Gasteiger partial charge on any atom is 0.437 e. The maximum absolute atomic E-state index is 14.3. The highest BCUT2D eigenvalue weighted by Gasteiger charge is 2.80. The Hall–Kier alpha value is -1.83. The van der Waals surface area contributed by atoms with E-state index >= 15 is 0 Å². The van der Waals surface area contributed by atoms with Crippen LogP contribution in [0.2, 0.25) is 0 Å². The third-order valence-electron chi connectivity index (χ3n) is 9.12. The molecule has 278 valence electrons. The summed E-state index contributed by atoms with van der Waals surface area (Å²) in [5.74, 6) is -17.1. The summed E-state index contributed by atoms with van der Waals surface area (Å²) in [6, 6.07) is 0. The largest absolute Gasteiger partial charge is 0.439 e. The molecule has 3 atom stereocenters. The van der Waals surface area contributed by atoms with E-state index in [0.717, 1.165) is 6.92 Å². The van der Waals surface area contributed by atoms with E-state index in [1.165, 1.54) is 6.92 Å². The van der Waals surface area contributed by atoms with Crippen LogP contribution in [0.3, 0.4) is 0 Å². The fraction of sp³-hybridized carbons (Fsp3) is 0.962. The van der Waals surface area contributed by atoms with Crippen LogP contribution in [-0.2, 0) is 14.3 Å². The van der Waals surface area contributed by atoms with Gasteiger partial charge in [-0.1, -0.05) is 13.8 Å². The number of halogens is 18. The number of rotatable bonds is 8. The summed E-state index contributed by atoms with van der Waals surface area (Å²) < 4.78 is 259. The van der Waals surface area contributed by atoms with Gasteiger partial charge in [0.15, 0.2) is 0 Å². The van der Waals surface area contributed by atoms with Gasteiger partial charge in [0.25, 0.3) is 5.60 Å². The molecule has 0 spiro atoms. The standard InChI is InChI=1S/C26H30F18O3/c1-3-12(2)18(45)47-20(25(39,40)41,26(42,43)44)15-6-4-14(5-7-15)19(23(33,34)35,24(36,37)38)46-11-13-8-16(21(27,28)29)10-17(9-13)22(30,31)32/h12-17H,3-11H2,1-2H3. The Labute approximate surface area is 255 Å². The highest BCUT2D eigenvalue weighted by atomic mass is 19.4. The molecule has 2 fully saturated rings. The predicted octanol–water partition coefficient (Wildman–Crippen LogP) is 10.3. The van der Waals surface area contributed by atoms with Gasteiger partial charge in [0.05, 0.1) is 24.4 Å². The lowest BCUT2D eigenvalue weighted by atomic mass is 9.67. The van der Waals surface area contributed by atoms with Gasteiger partial charge in [-0.3, -0.25) is 4.79 Å². The monoisotopic (exact) mass is 732 g/mol. The van der Waals surface area contributed by atoms with Crippen molar-refractivity contribution >= 4 is 5.97 Å². The Bertz CT molecular complexity index is 994. The highest BCUT2D eigenvalue weighted by Crippen LogP contribution is 2.60. The Morgan fingerprint density at radius 2 is 0.915 bits per heavy atom. The molecule has 0 amide bonds. The normalized spacial score (nSPS) is 27.0. The molecule has 0 aliphatic heterocycles. The summed E-state index contributed by atoms with van der Waals surface area (Å²) >= 11 is 0. The van der Waals surface area contributed by atoms with Gasteiger partial charge in [0, 0.05) is 11.8 Å². The molecule has 0 aromatic carbocycles. The van der Waals surface area contributed by atoms with Crippen LogP contribution in [0.1, 0.15) is 65.2 Å². The van der Waals surface area contributed by atoms with E-state index in [4.69, 9.17) is 0 Å². The smallest absolute Gasteiger partial charge is 0.437 e. The lowest BCUT2D eigenvalue weighted by Gasteiger charge is -2.49. The molecular formula is C26H30F18O3. The Kier molecular flexibility index (Phi) is 11.8. The first-order valence-electron chi connectivity index (χ1n) is 14.1. The summed E-state index contributed by atoms with van der Waals surface area (Å²) in [6.07, 6.45) is -47.9. The second-order valence-corrected chi connectivity index (χ2v) is 12.1. The topological polar surface area (TPSA) is 35.5 Å². The van der Waals surface area contributed by atoms with Crippen LogP contribution in [-0.4, -0.2) is 60.8 Å². The Morgan fingerprint density at radius 3 is 1.21 bits per heavy atom. The molecule has 0 aromatic heterocycles. The van der Waals surface area contributed by atoms with Crippen LogP contribution in [0.4, 0.5) is 79.0 Å². The highest BCUT2D eigenvalue weighted by molar-refractivity contribution is 5.72. The van der Waals surface area contributed by atoms with Crippen LogP contribution < -0.4 is 0 Å². The van der Waals surface area contributed by atoms with Crippen LogP contribution in [0.15, 0.2) is 0 Å². The zero-order valence-electron chi connectivity index (χ0n) is 24.4. The predicted molar refractivity (Wildman–Crippen MR) is 123 cm³/mol. The van der Waals surface area contributed by atoms with Gasteiger partial charge in [-0.05, 0) is 57.3 Å². The van der Waals surface area contributed by atoms with Crippen molar-refractivity contribution in [1.82, 2.24) is 0 Å². The number of hydrogen-bond donors (Lipinski definition) is 0. The number of carbonyl (C=O) groups is 1. The van der Waals surface area contributed by atoms with Crippen molar-refractivity contribution in [2.45, 2.75) is 113 Å². The first kappa shape index (κ1) is 41.3. The van der Waals surface area contributed by atoms with Crippen LogP contribution in [0.25, 0.3) is 0 Å². The molecule has 0 radical (unpaired) electrons. The number of alkyl halides is 18. The molecule has 2 aliphatic rings. The van der Waals surface area contributed by atoms with E-state index in [-0.39, 0.29) is 6.42 Å². The Morgan fingerprint density at radius 1 is 0.574 bits per heavy atom. The molecular weight excluding hydrogens is 702 g/mol. The van der Waals surface area contributed by atoms with E-state index in [1.54, 1.807) is 0 Å². The van der Waals surface area contributed by atoms with E-state index in [2.05, 4.69) is 9.47 Å². The molecule has 3 unspecified atom stereocenters. The van der Waals surface area contributed by atoms with Gasteiger partial charge >= 0.3 is 48.6 Å².